The largest absolute Gasteiger partial charge is 0.444 e. The molecular formula is C22H22ClF3N4O4S. The van der Waals surface area contributed by atoms with Crippen molar-refractivity contribution < 1.29 is 31.1 Å². The second-order valence-corrected chi connectivity index (χ2v) is 11.1. The number of carbonyl (C=O) groups excluding carboxylic acids is 1. The zero-order valence-corrected chi connectivity index (χ0v) is 20.7. The SMILES string of the molecule is CN1C(NC(=O)OC(C)(C)C)=NC(c2cc(/C=C(/F)c3ccc(Cl)cn3)cc(F)c2F)CS1(=O)=O. The Morgan fingerprint density at radius 2 is 1.97 bits per heavy atom. The minimum absolute atomic E-state index is 0.0931. The van der Waals surface area contributed by atoms with Crippen molar-refractivity contribution in [3.8, 4) is 0 Å². The Morgan fingerprint density at radius 3 is 2.57 bits per heavy atom. The number of guanidine groups is 1. The summed E-state index contributed by atoms with van der Waals surface area (Å²) < 4.78 is 74.9. The lowest BCUT2D eigenvalue weighted by Crippen LogP contribution is -2.50. The second kappa shape index (κ2) is 9.86. The number of benzene rings is 1. The number of hydrogen-bond acceptors (Lipinski definition) is 6. The number of halogens is 4. The van der Waals surface area contributed by atoms with Crippen LogP contribution >= 0.6 is 11.6 Å². The van der Waals surface area contributed by atoms with E-state index in [2.05, 4.69) is 15.3 Å². The molecular weight excluding hydrogens is 509 g/mol. The number of rotatable bonds is 3. The number of pyridine rings is 1. The number of nitrogens with one attached hydrogen (secondary N) is 1. The van der Waals surface area contributed by atoms with Gasteiger partial charge in [0, 0.05) is 18.8 Å². The highest BCUT2D eigenvalue weighted by molar-refractivity contribution is 7.89. The summed E-state index contributed by atoms with van der Waals surface area (Å²) in [6, 6.07) is 3.11. The lowest BCUT2D eigenvalue weighted by molar-refractivity contribution is 0.0559. The van der Waals surface area contributed by atoms with Crippen LogP contribution < -0.4 is 5.32 Å². The summed E-state index contributed by atoms with van der Waals surface area (Å²) in [4.78, 5) is 20.1. The molecule has 0 saturated heterocycles. The van der Waals surface area contributed by atoms with E-state index in [1.807, 2.05) is 0 Å². The van der Waals surface area contributed by atoms with Gasteiger partial charge >= 0.3 is 6.09 Å². The molecule has 8 nitrogen and oxygen atoms in total. The Hall–Kier alpha value is -3.12. The summed E-state index contributed by atoms with van der Waals surface area (Å²) >= 11 is 5.73. The molecule has 0 spiro atoms. The standard InChI is InChI=1S/C22H22ClF3N4O4S/c1-22(2,3)34-21(31)29-20-28-18(11-35(32,33)30(20)4)14-7-12(9-16(25)19(14)26)8-15(24)17-6-5-13(23)10-27-17/h5-10,18H,11H2,1-4H3,(H,28,29,31)/b15-8+. The van der Waals surface area contributed by atoms with Crippen LogP contribution in [0.4, 0.5) is 18.0 Å². The number of nitrogens with zero attached hydrogens (tertiary/aromatic N) is 3. The number of ether oxygens (including phenoxy) is 1. The molecule has 1 aromatic carbocycles. The zero-order chi connectivity index (χ0) is 26.1. The molecule has 0 aliphatic carbocycles. The van der Waals surface area contributed by atoms with E-state index in [4.69, 9.17) is 16.3 Å². The Labute approximate surface area is 205 Å². The van der Waals surface area contributed by atoms with Gasteiger partial charge in [-0.25, -0.2) is 35.7 Å². The third-order valence-electron chi connectivity index (χ3n) is 4.68. The first-order chi connectivity index (χ1) is 16.2. The van der Waals surface area contributed by atoms with Crippen molar-refractivity contribution in [2.75, 3.05) is 12.8 Å². The number of alkyl carbamates (subject to hydrolysis) is 1. The summed E-state index contributed by atoms with van der Waals surface area (Å²) in [5, 5.41) is 2.50. The summed E-state index contributed by atoms with van der Waals surface area (Å²) in [6.07, 6.45) is 1.15. The van der Waals surface area contributed by atoms with Crippen LogP contribution in [0.1, 0.15) is 43.6 Å². The number of amides is 1. The van der Waals surface area contributed by atoms with Crippen molar-refractivity contribution in [2.24, 2.45) is 4.99 Å². The molecule has 1 unspecified atom stereocenters. The molecule has 1 atom stereocenters. The van der Waals surface area contributed by atoms with Crippen molar-refractivity contribution in [3.05, 3.63) is 63.9 Å². The highest BCUT2D eigenvalue weighted by Gasteiger charge is 2.35. The lowest BCUT2D eigenvalue weighted by atomic mass is 10.0. The summed E-state index contributed by atoms with van der Waals surface area (Å²) in [5.41, 5.74) is -1.51. The maximum Gasteiger partial charge on any atom is 0.414 e. The average molecular weight is 531 g/mol. The Morgan fingerprint density at radius 1 is 1.29 bits per heavy atom. The van der Waals surface area contributed by atoms with Crippen molar-refractivity contribution in [1.29, 1.82) is 0 Å². The fraction of sp³-hybridized carbons (Fsp3) is 0.318. The van der Waals surface area contributed by atoms with Crippen LogP contribution in [0.25, 0.3) is 11.9 Å². The Balaban J connectivity index is 2.01. The van der Waals surface area contributed by atoms with Crippen LogP contribution in [0, 0.1) is 11.6 Å². The van der Waals surface area contributed by atoms with Gasteiger partial charge < -0.3 is 4.74 Å². The van der Waals surface area contributed by atoms with Crippen molar-refractivity contribution in [3.63, 3.8) is 0 Å². The van der Waals surface area contributed by atoms with Crippen molar-refractivity contribution >= 4 is 45.6 Å². The topological polar surface area (TPSA) is 101 Å². The fourth-order valence-corrected chi connectivity index (χ4v) is 4.41. The van der Waals surface area contributed by atoms with Crippen LogP contribution in [0.5, 0.6) is 0 Å². The molecule has 0 radical (unpaired) electrons. The maximum atomic E-state index is 14.7. The molecule has 2 heterocycles. The van der Waals surface area contributed by atoms with E-state index in [-0.39, 0.29) is 16.3 Å². The number of hydrogen-bond donors (Lipinski definition) is 1. The summed E-state index contributed by atoms with van der Waals surface area (Å²) in [6.45, 7) is 4.82. The Bertz CT molecular complexity index is 1310. The van der Waals surface area contributed by atoms with E-state index < -0.39 is 62.5 Å². The number of carbonyl (C=O) groups is 1. The van der Waals surface area contributed by atoms with Crippen molar-refractivity contribution in [1.82, 2.24) is 14.6 Å². The first kappa shape index (κ1) is 26.5. The van der Waals surface area contributed by atoms with Gasteiger partial charge in [0.15, 0.2) is 11.6 Å². The summed E-state index contributed by atoms with van der Waals surface area (Å²) in [7, 11) is -2.93. The van der Waals surface area contributed by atoms with Gasteiger partial charge in [0.05, 0.1) is 22.5 Å². The molecule has 1 N–H and O–H groups in total. The maximum absolute atomic E-state index is 14.7. The third-order valence-corrected chi connectivity index (χ3v) is 6.65. The molecule has 0 bridgehead atoms. The van der Waals surface area contributed by atoms with E-state index in [0.29, 0.717) is 4.31 Å². The normalized spacial score (nSPS) is 18.2. The van der Waals surface area contributed by atoms with Crippen LogP contribution in [0.15, 0.2) is 35.5 Å². The van der Waals surface area contributed by atoms with Gasteiger partial charge in [-0.1, -0.05) is 11.6 Å². The molecule has 1 aromatic heterocycles. The monoisotopic (exact) mass is 530 g/mol. The van der Waals surface area contributed by atoms with Gasteiger partial charge in [-0.15, -0.1) is 0 Å². The van der Waals surface area contributed by atoms with Crippen LogP contribution in [-0.4, -0.2) is 48.2 Å². The highest BCUT2D eigenvalue weighted by Crippen LogP contribution is 2.31. The van der Waals surface area contributed by atoms with Crippen molar-refractivity contribution in [2.45, 2.75) is 32.4 Å². The van der Waals surface area contributed by atoms with E-state index in [1.54, 1.807) is 20.8 Å². The van der Waals surface area contributed by atoms with E-state index in [1.165, 1.54) is 18.3 Å². The second-order valence-electron chi connectivity index (χ2n) is 8.60. The molecule has 2 aromatic rings. The first-order valence-electron chi connectivity index (χ1n) is 10.2. The van der Waals surface area contributed by atoms with Gasteiger partial charge in [-0.05, 0) is 56.7 Å². The quantitative estimate of drug-likeness (QED) is 0.621. The van der Waals surface area contributed by atoms with Gasteiger partial charge in [0.25, 0.3) is 0 Å². The molecule has 1 amide bonds. The van der Waals surface area contributed by atoms with E-state index in [0.717, 1.165) is 25.3 Å². The minimum Gasteiger partial charge on any atom is -0.444 e. The Kier molecular flexibility index (Phi) is 7.46. The third kappa shape index (κ3) is 6.51. The number of sulfonamides is 1. The van der Waals surface area contributed by atoms with Gasteiger partial charge in [0.1, 0.15) is 11.4 Å². The number of aromatic nitrogens is 1. The fourth-order valence-electron chi connectivity index (χ4n) is 3.07. The zero-order valence-electron chi connectivity index (χ0n) is 19.1. The highest BCUT2D eigenvalue weighted by atomic mass is 35.5. The summed E-state index contributed by atoms with van der Waals surface area (Å²) in [5.74, 6) is -4.69. The minimum atomic E-state index is -4.08. The molecule has 13 heteroatoms. The molecule has 1 aliphatic heterocycles. The van der Waals surface area contributed by atoms with E-state index in [9.17, 15) is 26.4 Å². The van der Waals surface area contributed by atoms with Gasteiger partial charge in [0.2, 0.25) is 16.0 Å². The predicted octanol–water partition coefficient (Wildman–Crippen LogP) is 4.68. The van der Waals surface area contributed by atoms with Crippen LogP contribution in [0.3, 0.4) is 0 Å². The lowest BCUT2D eigenvalue weighted by Gasteiger charge is -2.30. The smallest absolute Gasteiger partial charge is 0.414 e. The molecule has 188 valence electrons. The first-order valence-corrected chi connectivity index (χ1v) is 12.2. The van der Waals surface area contributed by atoms with E-state index >= 15 is 0 Å². The molecule has 0 saturated carbocycles. The van der Waals surface area contributed by atoms with Gasteiger partial charge in [-0.2, -0.15) is 0 Å². The van der Waals surface area contributed by atoms with Crippen LogP contribution in [-0.2, 0) is 14.8 Å². The van der Waals surface area contributed by atoms with Crippen LogP contribution in [0.2, 0.25) is 5.02 Å². The molecule has 1 aliphatic rings. The molecule has 0 fully saturated rings. The number of aliphatic imine (C=N–C) groups is 1. The predicted molar refractivity (Wildman–Crippen MR) is 126 cm³/mol. The average Bonchev–Trinajstić information content (AvgIpc) is 2.72. The molecule has 3 rings (SSSR count). The van der Waals surface area contributed by atoms with Gasteiger partial charge in [-0.3, -0.25) is 10.3 Å². The molecule has 35 heavy (non-hydrogen) atoms.